The van der Waals surface area contributed by atoms with E-state index >= 15 is 0 Å². The normalized spacial score (nSPS) is 17.5. The first-order chi connectivity index (χ1) is 12.6. The molecule has 6 nitrogen and oxygen atoms in total. The monoisotopic (exact) mass is 349 g/mol. The van der Waals surface area contributed by atoms with Gasteiger partial charge in [-0.05, 0) is 51.0 Å². The number of anilines is 1. The van der Waals surface area contributed by atoms with Crippen LogP contribution in [-0.4, -0.2) is 44.0 Å². The lowest BCUT2D eigenvalue weighted by atomic mass is 10.1. The highest BCUT2D eigenvalue weighted by molar-refractivity contribution is 5.60. The first-order valence-electron chi connectivity index (χ1n) is 9.00. The topological polar surface area (TPSA) is 67.1 Å². The maximum absolute atomic E-state index is 9.92. The summed E-state index contributed by atoms with van der Waals surface area (Å²) in [6.45, 7) is 5.58. The van der Waals surface area contributed by atoms with E-state index in [2.05, 4.69) is 27.1 Å². The van der Waals surface area contributed by atoms with Crippen molar-refractivity contribution in [3.05, 3.63) is 54.0 Å². The molecule has 0 aliphatic carbocycles. The molecule has 134 valence electrons. The number of rotatable bonds is 3. The second kappa shape index (κ2) is 6.88. The Kier molecular flexibility index (Phi) is 4.42. The van der Waals surface area contributed by atoms with Gasteiger partial charge >= 0.3 is 0 Å². The van der Waals surface area contributed by atoms with E-state index in [1.807, 2.05) is 42.8 Å². The lowest BCUT2D eigenvalue weighted by Gasteiger charge is -2.31. The highest BCUT2D eigenvalue weighted by atomic mass is 16.3. The maximum atomic E-state index is 9.92. The van der Waals surface area contributed by atoms with Crippen LogP contribution in [0.3, 0.4) is 0 Å². The number of hydrogen-bond acceptors (Lipinski definition) is 5. The molecule has 1 saturated heterocycles. The summed E-state index contributed by atoms with van der Waals surface area (Å²) in [5, 5.41) is 14.5. The molecule has 3 aromatic rings. The average Bonchev–Trinajstić information content (AvgIpc) is 3.00. The number of aryl methyl sites for hydroxylation is 2. The van der Waals surface area contributed by atoms with Gasteiger partial charge in [-0.2, -0.15) is 5.10 Å². The molecule has 1 aliphatic heterocycles. The fourth-order valence-electron chi connectivity index (χ4n) is 3.49. The van der Waals surface area contributed by atoms with Gasteiger partial charge in [0.05, 0.1) is 17.5 Å². The van der Waals surface area contributed by atoms with Crippen molar-refractivity contribution in [2.24, 2.45) is 0 Å². The molecule has 0 spiro atoms. The van der Waals surface area contributed by atoms with Crippen LogP contribution in [0, 0.1) is 13.8 Å². The maximum Gasteiger partial charge on any atom is 0.161 e. The number of β-amino-alcohol motifs (C(OH)–C–C–N with tert-alkyl or cyclic N) is 1. The van der Waals surface area contributed by atoms with E-state index in [-0.39, 0.29) is 6.10 Å². The molecule has 4 rings (SSSR count). The fourth-order valence-corrected chi connectivity index (χ4v) is 3.49. The smallest absolute Gasteiger partial charge is 0.161 e. The van der Waals surface area contributed by atoms with E-state index in [4.69, 9.17) is 4.98 Å². The third-order valence-electron chi connectivity index (χ3n) is 4.72. The second-order valence-electron chi connectivity index (χ2n) is 6.87. The largest absolute Gasteiger partial charge is 0.391 e. The third kappa shape index (κ3) is 3.32. The second-order valence-corrected chi connectivity index (χ2v) is 6.87. The summed E-state index contributed by atoms with van der Waals surface area (Å²) < 4.78 is 1.93. The predicted molar refractivity (Wildman–Crippen MR) is 102 cm³/mol. The fraction of sp³-hybridized carbons (Fsp3) is 0.350. The highest BCUT2D eigenvalue weighted by Crippen LogP contribution is 2.23. The summed E-state index contributed by atoms with van der Waals surface area (Å²) in [4.78, 5) is 11.3. The van der Waals surface area contributed by atoms with Crippen molar-refractivity contribution >= 4 is 5.82 Å². The average molecular weight is 349 g/mol. The van der Waals surface area contributed by atoms with Crippen molar-refractivity contribution in [2.75, 3.05) is 18.0 Å². The van der Waals surface area contributed by atoms with Gasteiger partial charge in [0.2, 0.25) is 0 Å². The molecular weight excluding hydrogens is 326 g/mol. The van der Waals surface area contributed by atoms with Crippen LogP contribution in [0.1, 0.15) is 24.2 Å². The molecule has 2 aromatic heterocycles. The molecule has 0 saturated carbocycles. The molecular formula is C20H23N5O. The minimum Gasteiger partial charge on any atom is -0.391 e. The molecule has 0 unspecified atom stereocenters. The molecule has 3 heterocycles. The Hall–Kier alpha value is -2.73. The van der Waals surface area contributed by atoms with Crippen LogP contribution in [0.25, 0.3) is 17.1 Å². The quantitative estimate of drug-likeness (QED) is 0.787. The van der Waals surface area contributed by atoms with Crippen LogP contribution in [0.15, 0.2) is 42.6 Å². The van der Waals surface area contributed by atoms with Crippen LogP contribution >= 0.6 is 0 Å². The van der Waals surface area contributed by atoms with Gasteiger partial charge in [-0.1, -0.05) is 12.1 Å². The number of nitrogens with zero attached hydrogens (tertiary/aromatic N) is 5. The van der Waals surface area contributed by atoms with E-state index in [0.717, 1.165) is 47.8 Å². The minimum atomic E-state index is -0.281. The van der Waals surface area contributed by atoms with Crippen molar-refractivity contribution in [2.45, 2.75) is 32.8 Å². The Labute approximate surface area is 153 Å². The van der Waals surface area contributed by atoms with Gasteiger partial charge in [-0.25, -0.2) is 14.6 Å². The molecule has 6 heteroatoms. The first-order valence-corrected chi connectivity index (χ1v) is 9.00. The van der Waals surface area contributed by atoms with Crippen molar-refractivity contribution in [1.82, 2.24) is 19.7 Å². The van der Waals surface area contributed by atoms with Gasteiger partial charge in [0.15, 0.2) is 5.82 Å². The summed E-state index contributed by atoms with van der Waals surface area (Å²) in [5.74, 6) is 1.55. The standard InChI is InChI=1S/C20H23N5O/c1-14-11-15(2)25(23-14)17-6-3-5-16(12-17)20-21-9-8-19(22-20)24-10-4-7-18(26)13-24/h3,5-6,8-9,11-12,18,26H,4,7,10,13H2,1-2H3/t18-/m1/s1. The van der Waals surface area contributed by atoms with Crippen LogP contribution in [0.2, 0.25) is 0 Å². The van der Waals surface area contributed by atoms with Crippen LogP contribution < -0.4 is 4.90 Å². The van der Waals surface area contributed by atoms with E-state index in [9.17, 15) is 5.11 Å². The summed E-state index contributed by atoms with van der Waals surface area (Å²) in [6, 6.07) is 12.1. The first kappa shape index (κ1) is 16.7. The number of aromatic nitrogens is 4. The lowest BCUT2D eigenvalue weighted by Crippen LogP contribution is -2.38. The number of aliphatic hydroxyl groups excluding tert-OH is 1. The van der Waals surface area contributed by atoms with Gasteiger partial charge in [0.1, 0.15) is 5.82 Å². The molecule has 0 bridgehead atoms. The Morgan fingerprint density at radius 3 is 2.81 bits per heavy atom. The van der Waals surface area contributed by atoms with Gasteiger partial charge in [-0.3, -0.25) is 0 Å². The van der Waals surface area contributed by atoms with E-state index in [1.165, 1.54) is 0 Å². The highest BCUT2D eigenvalue weighted by Gasteiger charge is 2.19. The predicted octanol–water partition coefficient (Wildman–Crippen LogP) is 2.91. The van der Waals surface area contributed by atoms with Crippen molar-refractivity contribution in [3.8, 4) is 17.1 Å². The Morgan fingerprint density at radius 2 is 2.04 bits per heavy atom. The van der Waals surface area contributed by atoms with Gasteiger partial charge in [0.25, 0.3) is 0 Å². The zero-order valence-electron chi connectivity index (χ0n) is 15.1. The molecule has 0 amide bonds. The van der Waals surface area contributed by atoms with Crippen molar-refractivity contribution in [1.29, 1.82) is 0 Å². The molecule has 1 N–H and O–H groups in total. The summed E-state index contributed by atoms with van der Waals surface area (Å²) in [5.41, 5.74) is 4.04. The van der Waals surface area contributed by atoms with Crippen LogP contribution in [0.5, 0.6) is 0 Å². The third-order valence-corrected chi connectivity index (χ3v) is 4.72. The summed E-state index contributed by atoms with van der Waals surface area (Å²) in [7, 11) is 0. The van der Waals surface area contributed by atoms with Crippen LogP contribution in [-0.2, 0) is 0 Å². The molecule has 1 fully saturated rings. The Balaban J connectivity index is 1.67. The van der Waals surface area contributed by atoms with E-state index in [0.29, 0.717) is 12.4 Å². The number of piperidine rings is 1. The molecule has 26 heavy (non-hydrogen) atoms. The van der Waals surface area contributed by atoms with E-state index < -0.39 is 0 Å². The van der Waals surface area contributed by atoms with Crippen molar-refractivity contribution < 1.29 is 5.11 Å². The zero-order valence-corrected chi connectivity index (χ0v) is 15.1. The van der Waals surface area contributed by atoms with Gasteiger partial charge < -0.3 is 10.0 Å². The molecule has 0 radical (unpaired) electrons. The van der Waals surface area contributed by atoms with Crippen molar-refractivity contribution in [3.63, 3.8) is 0 Å². The zero-order chi connectivity index (χ0) is 18.1. The molecule has 1 aromatic carbocycles. The van der Waals surface area contributed by atoms with E-state index in [1.54, 1.807) is 6.20 Å². The Bertz CT molecular complexity index is 920. The van der Waals surface area contributed by atoms with Crippen LogP contribution in [0.4, 0.5) is 5.82 Å². The van der Waals surface area contributed by atoms with Gasteiger partial charge in [-0.15, -0.1) is 0 Å². The summed E-state index contributed by atoms with van der Waals surface area (Å²) in [6.07, 6.45) is 3.35. The Morgan fingerprint density at radius 1 is 1.15 bits per heavy atom. The summed E-state index contributed by atoms with van der Waals surface area (Å²) >= 11 is 0. The number of aliphatic hydroxyl groups is 1. The number of benzene rings is 1. The lowest BCUT2D eigenvalue weighted by molar-refractivity contribution is 0.154. The molecule has 1 aliphatic rings. The minimum absolute atomic E-state index is 0.281. The SMILES string of the molecule is Cc1cc(C)n(-c2cccc(-c3nccc(N4CCC[C@@H](O)C4)n3)c2)n1. The molecule has 1 atom stereocenters. The number of hydrogen-bond donors (Lipinski definition) is 1. The van der Waals surface area contributed by atoms with Gasteiger partial charge in [0, 0.05) is 30.5 Å².